The van der Waals surface area contributed by atoms with Gasteiger partial charge in [0.05, 0.1) is 4.90 Å². The molecule has 39 heavy (non-hydrogen) atoms. The van der Waals surface area contributed by atoms with Crippen LogP contribution in [0.5, 0.6) is 0 Å². The van der Waals surface area contributed by atoms with Crippen LogP contribution in [-0.2, 0) is 9.84 Å². The van der Waals surface area contributed by atoms with Crippen molar-refractivity contribution in [1.82, 2.24) is 0 Å². The molecule has 0 spiro atoms. The molecule has 4 heteroatoms. The quantitative estimate of drug-likeness (QED) is 0.345. The minimum Gasteiger partial charge on any atom is -0.374 e. The number of benzene rings is 1. The third-order valence-electron chi connectivity index (χ3n) is 10.5. The monoisotopic (exact) mass is 550 g/mol. The normalized spacial score (nSPS) is 33.7. The van der Waals surface area contributed by atoms with Gasteiger partial charge in [-0.05, 0) is 105 Å². The molecule has 3 saturated carbocycles. The Morgan fingerprint density at radius 1 is 1.00 bits per heavy atom. The molecule has 1 unspecified atom stereocenters. The summed E-state index contributed by atoms with van der Waals surface area (Å²) in [5.74, 6) is 3.08. The van der Waals surface area contributed by atoms with Gasteiger partial charge in [-0.2, -0.15) is 0 Å². The van der Waals surface area contributed by atoms with Crippen molar-refractivity contribution in [2.75, 3.05) is 0 Å². The lowest BCUT2D eigenvalue weighted by Gasteiger charge is -2.44. The zero-order chi connectivity index (χ0) is 28.6. The highest BCUT2D eigenvalue weighted by molar-refractivity contribution is 7.92. The Labute approximate surface area is 238 Å². The number of allylic oxidation sites excluding steroid dienone is 6. The third-order valence-corrected chi connectivity index (χ3v) is 12.8. The van der Waals surface area contributed by atoms with E-state index in [0.717, 1.165) is 23.1 Å². The summed E-state index contributed by atoms with van der Waals surface area (Å²) in [6, 6.07) is 6.79. The van der Waals surface area contributed by atoms with Gasteiger partial charge in [-0.15, -0.1) is 0 Å². The van der Waals surface area contributed by atoms with E-state index in [1.165, 1.54) is 31.3 Å². The molecule has 3 aliphatic rings. The second-order valence-corrected chi connectivity index (χ2v) is 15.7. The fraction of sp³-hybridized carbons (Fsp3) is 0.600. The Kier molecular flexibility index (Phi) is 8.88. The molecular weight excluding hydrogens is 500 g/mol. The SMILES string of the molecule is C=C1CC[C@@](O)(S(=O)(=O)c2ccc(C)cc2)CC1=CC=C1CCC[C@@]2(C)C1CC[C@@H]2[C@H](C)/C=C/[C@H](C)C(C)C. The molecule has 0 radical (unpaired) electrons. The Morgan fingerprint density at radius 2 is 1.69 bits per heavy atom. The summed E-state index contributed by atoms with van der Waals surface area (Å²) in [7, 11) is -3.89. The van der Waals surface area contributed by atoms with Crippen LogP contribution in [-0.4, -0.2) is 18.5 Å². The maximum Gasteiger partial charge on any atom is 0.208 e. The average molecular weight is 551 g/mol. The van der Waals surface area contributed by atoms with Crippen LogP contribution in [0.15, 0.2) is 76.8 Å². The van der Waals surface area contributed by atoms with E-state index in [0.29, 0.717) is 41.4 Å². The first-order valence-electron chi connectivity index (χ1n) is 15.1. The van der Waals surface area contributed by atoms with Crippen molar-refractivity contribution < 1.29 is 13.5 Å². The van der Waals surface area contributed by atoms with Crippen molar-refractivity contribution in [1.29, 1.82) is 0 Å². The van der Waals surface area contributed by atoms with Gasteiger partial charge in [0.25, 0.3) is 0 Å². The van der Waals surface area contributed by atoms with Crippen LogP contribution in [0.3, 0.4) is 0 Å². The maximum absolute atomic E-state index is 13.5. The van der Waals surface area contributed by atoms with E-state index >= 15 is 0 Å². The van der Waals surface area contributed by atoms with Gasteiger partial charge < -0.3 is 5.11 Å². The number of aliphatic hydroxyl groups is 1. The van der Waals surface area contributed by atoms with E-state index in [1.807, 2.05) is 6.92 Å². The van der Waals surface area contributed by atoms with Gasteiger partial charge in [0, 0.05) is 6.42 Å². The van der Waals surface area contributed by atoms with Crippen LogP contribution in [0.25, 0.3) is 0 Å². The molecule has 0 bridgehead atoms. The van der Waals surface area contributed by atoms with Crippen LogP contribution >= 0.6 is 0 Å². The summed E-state index contributed by atoms with van der Waals surface area (Å²) in [6.07, 6.45) is 16.1. The molecule has 3 aliphatic carbocycles. The molecule has 1 aromatic rings. The van der Waals surface area contributed by atoms with Gasteiger partial charge in [-0.3, -0.25) is 0 Å². The minimum absolute atomic E-state index is 0.0895. The number of sulfone groups is 1. The van der Waals surface area contributed by atoms with Crippen molar-refractivity contribution in [2.45, 2.75) is 103 Å². The predicted molar refractivity (Wildman–Crippen MR) is 163 cm³/mol. The molecule has 214 valence electrons. The lowest BCUT2D eigenvalue weighted by atomic mass is 9.61. The molecule has 0 aromatic heterocycles. The van der Waals surface area contributed by atoms with Crippen molar-refractivity contribution in [3.63, 3.8) is 0 Å². The van der Waals surface area contributed by atoms with Gasteiger partial charge in [0.1, 0.15) is 0 Å². The van der Waals surface area contributed by atoms with Crippen LogP contribution < -0.4 is 0 Å². The molecule has 3 fully saturated rings. The minimum atomic E-state index is -3.89. The second-order valence-electron chi connectivity index (χ2n) is 13.4. The fourth-order valence-electron chi connectivity index (χ4n) is 7.42. The van der Waals surface area contributed by atoms with Crippen LogP contribution in [0.4, 0.5) is 0 Å². The lowest BCUT2D eigenvalue weighted by Crippen LogP contribution is -2.41. The van der Waals surface area contributed by atoms with Crippen LogP contribution in [0, 0.1) is 41.9 Å². The van der Waals surface area contributed by atoms with E-state index < -0.39 is 14.8 Å². The molecule has 0 aliphatic heterocycles. The largest absolute Gasteiger partial charge is 0.374 e. The Bertz CT molecular complexity index is 1250. The average Bonchev–Trinajstić information content (AvgIpc) is 3.25. The van der Waals surface area contributed by atoms with Gasteiger partial charge in [-0.1, -0.05) is 94.3 Å². The smallest absolute Gasteiger partial charge is 0.208 e. The van der Waals surface area contributed by atoms with E-state index in [2.05, 4.69) is 65.5 Å². The lowest BCUT2D eigenvalue weighted by molar-refractivity contribution is 0.108. The van der Waals surface area contributed by atoms with Gasteiger partial charge in [-0.25, -0.2) is 8.42 Å². The summed E-state index contributed by atoms with van der Waals surface area (Å²) >= 11 is 0. The molecule has 0 amide bonds. The van der Waals surface area contributed by atoms with E-state index in [9.17, 15) is 13.5 Å². The van der Waals surface area contributed by atoms with Crippen molar-refractivity contribution >= 4 is 9.84 Å². The van der Waals surface area contributed by atoms with Crippen molar-refractivity contribution in [2.24, 2.45) is 35.0 Å². The zero-order valence-corrected chi connectivity index (χ0v) is 25.9. The van der Waals surface area contributed by atoms with E-state index in [4.69, 9.17) is 0 Å². The van der Waals surface area contributed by atoms with E-state index in [1.54, 1.807) is 24.3 Å². The molecule has 6 atom stereocenters. The highest BCUT2D eigenvalue weighted by Gasteiger charge is 2.50. The number of fused-ring (bicyclic) bond motifs is 1. The number of aryl methyl sites for hydroxylation is 1. The summed E-state index contributed by atoms with van der Waals surface area (Å²) in [5, 5.41) is 11.5. The maximum atomic E-state index is 13.5. The van der Waals surface area contributed by atoms with Gasteiger partial charge >= 0.3 is 0 Å². The molecule has 3 nitrogen and oxygen atoms in total. The highest BCUT2D eigenvalue weighted by Crippen LogP contribution is 2.59. The topological polar surface area (TPSA) is 54.4 Å². The molecule has 1 N–H and O–H groups in total. The number of hydrogen-bond donors (Lipinski definition) is 1. The molecule has 0 saturated heterocycles. The Hall–Kier alpha value is -1.91. The molecule has 0 heterocycles. The van der Waals surface area contributed by atoms with Crippen LogP contribution in [0.2, 0.25) is 0 Å². The number of hydrogen-bond acceptors (Lipinski definition) is 3. The van der Waals surface area contributed by atoms with Crippen LogP contribution in [0.1, 0.15) is 91.5 Å². The Balaban J connectivity index is 1.55. The fourth-order valence-corrected chi connectivity index (χ4v) is 9.07. The molecule has 1 aromatic carbocycles. The van der Waals surface area contributed by atoms with Gasteiger partial charge in [0.2, 0.25) is 9.84 Å². The first-order chi connectivity index (χ1) is 18.3. The van der Waals surface area contributed by atoms with Crippen molar-refractivity contribution in [3.8, 4) is 0 Å². The molecular formula is C35H50O3S. The standard InChI is InChI=1S/C35H50O3S/c1-24(2)26(4)12-13-28(6)32-18-19-33-29(9-8-21-34(32,33)7)14-15-30-23-35(36,22-20-27(30)5)39(37,38)31-16-10-25(3)11-17-31/h10-17,24,26,28,32-33,36H,5,8-9,18-23H2,1-4,6-7H3/b13-12+,29-14?,30-15?/t26-,28+,32+,33?,34+,35+/m0/s1. The summed E-state index contributed by atoms with van der Waals surface area (Å²) < 4.78 is 26.9. The first kappa shape index (κ1) is 30.1. The number of rotatable bonds is 7. The summed E-state index contributed by atoms with van der Waals surface area (Å²) in [5.41, 5.74) is 4.60. The van der Waals surface area contributed by atoms with Gasteiger partial charge in [0.15, 0.2) is 4.93 Å². The summed E-state index contributed by atoms with van der Waals surface area (Å²) in [4.78, 5) is -1.62. The van der Waals surface area contributed by atoms with Crippen molar-refractivity contribution in [3.05, 3.63) is 77.4 Å². The third kappa shape index (κ3) is 5.93. The highest BCUT2D eigenvalue weighted by atomic mass is 32.2. The molecule has 4 rings (SSSR count). The zero-order valence-electron chi connectivity index (χ0n) is 25.0. The predicted octanol–water partition coefficient (Wildman–Crippen LogP) is 8.75. The first-order valence-corrected chi connectivity index (χ1v) is 16.6. The van der Waals surface area contributed by atoms with E-state index in [-0.39, 0.29) is 17.7 Å². The second kappa shape index (κ2) is 11.5. The Morgan fingerprint density at radius 3 is 2.36 bits per heavy atom. The summed E-state index contributed by atoms with van der Waals surface area (Å²) in [6.45, 7) is 18.0.